The van der Waals surface area contributed by atoms with Crippen LogP contribution in [0.25, 0.3) is 0 Å². The number of halogens is 2. The Morgan fingerprint density at radius 2 is 2.05 bits per heavy atom. The second-order valence-electron chi connectivity index (χ2n) is 4.79. The van der Waals surface area contributed by atoms with Crippen molar-refractivity contribution in [2.75, 3.05) is 0 Å². The van der Waals surface area contributed by atoms with Crippen molar-refractivity contribution in [1.82, 2.24) is 14.5 Å². The molecule has 2 aromatic heterocycles. The summed E-state index contributed by atoms with van der Waals surface area (Å²) in [6, 6.07) is 8.83. The van der Waals surface area contributed by atoms with E-state index in [1.54, 1.807) is 18.5 Å². The summed E-state index contributed by atoms with van der Waals surface area (Å²) in [6.07, 6.45) is 7.96. The van der Waals surface area contributed by atoms with Crippen molar-refractivity contribution >= 4 is 15.9 Å². The summed E-state index contributed by atoms with van der Waals surface area (Å²) in [5.41, 5.74) is 2.00. The van der Waals surface area contributed by atoms with E-state index in [1.807, 2.05) is 35.2 Å². The summed E-state index contributed by atoms with van der Waals surface area (Å²) < 4.78 is 16.2. The van der Waals surface area contributed by atoms with Crippen LogP contribution in [0.5, 0.6) is 0 Å². The molecule has 0 aliphatic rings. The lowest BCUT2D eigenvalue weighted by molar-refractivity contribution is 0.621. The zero-order valence-electron chi connectivity index (χ0n) is 11.2. The number of benzene rings is 1. The summed E-state index contributed by atoms with van der Waals surface area (Å²) in [7, 11) is 0. The molecule has 3 aromatic rings. The van der Waals surface area contributed by atoms with Crippen LogP contribution in [0.3, 0.4) is 0 Å². The molecule has 2 heterocycles. The average molecular weight is 346 g/mol. The molecule has 0 bridgehead atoms. The van der Waals surface area contributed by atoms with Crippen molar-refractivity contribution in [2.24, 2.45) is 0 Å². The minimum atomic E-state index is -0.242. The van der Waals surface area contributed by atoms with Crippen molar-refractivity contribution in [1.29, 1.82) is 0 Å². The van der Waals surface area contributed by atoms with Crippen LogP contribution in [-0.2, 0) is 13.0 Å². The van der Waals surface area contributed by atoms with Gasteiger partial charge < -0.3 is 4.57 Å². The number of nitrogens with zero attached hydrogens (tertiary/aromatic N) is 3. The molecule has 0 unspecified atom stereocenters. The van der Waals surface area contributed by atoms with Gasteiger partial charge in [-0.3, -0.25) is 4.98 Å². The highest BCUT2D eigenvalue weighted by molar-refractivity contribution is 9.10. The maximum absolute atomic E-state index is 13.4. The monoisotopic (exact) mass is 345 g/mol. The van der Waals surface area contributed by atoms with E-state index >= 15 is 0 Å². The Balaban J connectivity index is 1.82. The molecule has 21 heavy (non-hydrogen) atoms. The standard InChI is InChI=1S/C16H13BrFN3/c17-14-6-13(7-15(18)9-14)11-21-5-4-20-16(21)8-12-2-1-3-19-10-12/h1-7,9-10H,8,11H2. The SMILES string of the molecule is Fc1cc(Br)cc(Cn2ccnc2Cc2cccnc2)c1. The first-order valence-corrected chi connectivity index (χ1v) is 7.34. The van der Waals surface area contributed by atoms with Gasteiger partial charge in [-0.05, 0) is 35.4 Å². The fraction of sp³-hybridized carbons (Fsp3) is 0.125. The topological polar surface area (TPSA) is 30.7 Å². The van der Waals surface area contributed by atoms with Crippen LogP contribution in [0.15, 0.2) is 59.6 Å². The molecule has 3 nitrogen and oxygen atoms in total. The Morgan fingerprint density at radius 1 is 1.14 bits per heavy atom. The van der Waals surface area contributed by atoms with E-state index in [0.717, 1.165) is 21.4 Å². The molecule has 0 spiro atoms. The van der Waals surface area contributed by atoms with Gasteiger partial charge in [-0.1, -0.05) is 22.0 Å². The van der Waals surface area contributed by atoms with Crippen molar-refractivity contribution in [3.63, 3.8) is 0 Å². The van der Waals surface area contributed by atoms with Crippen LogP contribution in [-0.4, -0.2) is 14.5 Å². The molecule has 1 aromatic carbocycles. The van der Waals surface area contributed by atoms with E-state index in [9.17, 15) is 4.39 Å². The van der Waals surface area contributed by atoms with Crippen LogP contribution in [0.2, 0.25) is 0 Å². The second-order valence-corrected chi connectivity index (χ2v) is 5.70. The Hall–Kier alpha value is -2.01. The number of imidazole rings is 1. The summed E-state index contributed by atoms with van der Waals surface area (Å²) in [4.78, 5) is 8.49. The van der Waals surface area contributed by atoms with E-state index in [1.165, 1.54) is 6.07 Å². The molecule has 0 amide bonds. The van der Waals surface area contributed by atoms with Gasteiger partial charge in [-0.25, -0.2) is 9.37 Å². The molecular weight excluding hydrogens is 333 g/mol. The van der Waals surface area contributed by atoms with Gasteiger partial charge in [0.15, 0.2) is 0 Å². The van der Waals surface area contributed by atoms with Crippen LogP contribution in [0, 0.1) is 5.82 Å². The first kappa shape index (κ1) is 13.9. The largest absolute Gasteiger partial charge is 0.330 e. The van der Waals surface area contributed by atoms with E-state index in [0.29, 0.717) is 13.0 Å². The van der Waals surface area contributed by atoms with Crippen molar-refractivity contribution in [2.45, 2.75) is 13.0 Å². The van der Waals surface area contributed by atoms with Crippen molar-refractivity contribution < 1.29 is 4.39 Å². The Morgan fingerprint density at radius 3 is 2.81 bits per heavy atom. The number of hydrogen-bond acceptors (Lipinski definition) is 2. The smallest absolute Gasteiger partial charge is 0.124 e. The normalized spacial score (nSPS) is 10.8. The van der Waals surface area contributed by atoms with Crippen LogP contribution >= 0.6 is 15.9 Å². The van der Waals surface area contributed by atoms with E-state index in [-0.39, 0.29) is 5.82 Å². The third kappa shape index (κ3) is 3.55. The molecule has 0 aliphatic heterocycles. The maximum atomic E-state index is 13.4. The van der Waals surface area contributed by atoms with Gasteiger partial charge in [0, 0.05) is 42.2 Å². The highest BCUT2D eigenvalue weighted by Gasteiger charge is 2.06. The highest BCUT2D eigenvalue weighted by atomic mass is 79.9. The molecule has 0 fully saturated rings. The number of rotatable bonds is 4. The van der Waals surface area contributed by atoms with E-state index < -0.39 is 0 Å². The first-order valence-electron chi connectivity index (χ1n) is 6.54. The Bertz CT molecular complexity index is 720. The molecule has 0 radical (unpaired) electrons. The zero-order valence-corrected chi connectivity index (χ0v) is 12.8. The second kappa shape index (κ2) is 6.18. The van der Waals surface area contributed by atoms with Gasteiger partial charge in [0.1, 0.15) is 11.6 Å². The summed E-state index contributed by atoms with van der Waals surface area (Å²) in [5, 5.41) is 0. The fourth-order valence-corrected chi connectivity index (χ4v) is 2.75. The maximum Gasteiger partial charge on any atom is 0.124 e. The summed E-state index contributed by atoms with van der Waals surface area (Å²) in [5.74, 6) is 0.691. The van der Waals surface area contributed by atoms with Gasteiger partial charge in [0.2, 0.25) is 0 Å². The van der Waals surface area contributed by atoms with Crippen LogP contribution in [0.4, 0.5) is 4.39 Å². The summed E-state index contributed by atoms with van der Waals surface area (Å²) >= 11 is 3.32. The van der Waals surface area contributed by atoms with Gasteiger partial charge in [0.05, 0.1) is 0 Å². The lowest BCUT2D eigenvalue weighted by atomic mass is 10.2. The average Bonchev–Trinajstić information content (AvgIpc) is 2.86. The molecule has 106 valence electrons. The molecule has 0 saturated heterocycles. The predicted octanol–water partition coefficient (Wildman–Crippen LogP) is 3.82. The fourth-order valence-electron chi connectivity index (χ4n) is 2.24. The quantitative estimate of drug-likeness (QED) is 0.719. The van der Waals surface area contributed by atoms with E-state index in [4.69, 9.17) is 0 Å². The molecule has 0 saturated carbocycles. The van der Waals surface area contributed by atoms with E-state index in [2.05, 4.69) is 25.9 Å². The zero-order chi connectivity index (χ0) is 14.7. The lowest BCUT2D eigenvalue weighted by Gasteiger charge is -2.09. The molecule has 0 aliphatic carbocycles. The first-order chi connectivity index (χ1) is 10.2. The van der Waals surface area contributed by atoms with Crippen molar-refractivity contribution in [3.05, 3.63) is 82.4 Å². The number of pyridine rings is 1. The third-order valence-corrected chi connectivity index (χ3v) is 3.62. The predicted molar refractivity (Wildman–Crippen MR) is 82.5 cm³/mol. The molecule has 3 rings (SSSR count). The van der Waals surface area contributed by atoms with Gasteiger partial charge in [0.25, 0.3) is 0 Å². The van der Waals surface area contributed by atoms with Crippen molar-refractivity contribution in [3.8, 4) is 0 Å². The Kier molecular flexibility index (Phi) is 4.10. The molecule has 5 heteroatoms. The van der Waals surface area contributed by atoms with Crippen LogP contribution < -0.4 is 0 Å². The molecule has 0 atom stereocenters. The molecular formula is C16H13BrFN3. The van der Waals surface area contributed by atoms with Crippen LogP contribution in [0.1, 0.15) is 17.0 Å². The highest BCUT2D eigenvalue weighted by Crippen LogP contribution is 2.17. The minimum absolute atomic E-state index is 0.242. The lowest BCUT2D eigenvalue weighted by Crippen LogP contribution is -2.05. The Labute approximate surface area is 130 Å². The number of hydrogen-bond donors (Lipinski definition) is 0. The third-order valence-electron chi connectivity index (χ3n) is 3.16. The van der Waals surface area contributed by atoms with Gasteiger partial charge in [-0.2, -0.15) is 0 Å². The van der Waals surface area contributed by atoms with Gasteiger partial charge in [-0.15, -0.1) is 0 Å². The summed E-state index contributed by atoms with van der Waals surface area (Å²) in [6.45, 7) is 0.589. The number of aromatic nitrogens is 3. The van der Waals surface area contributed by atoms with Gasteiger partial charge >= 0.3 is 0 Å². The minimum Gasteiger partial charge on any atom is -0.330 e. The molecule has 0 N–H and O–H groups in total.